The normalized spacial score (nSPS) is 10.3. The van der Waals surface area contributed by atoms with Gasteiger partial charge in [-0.2, -0.15) is 5.26 Å². The van der Waals surface area contributed by atoms with E-state index < -0.39 is 0 Å². The van der Waals surface area contributed by atoms with Crippen LogP contribution in [0.15, 0.2) is 35.7 Å². The average molecular weight is 272 g/mol. The molecule has 0 amide bonds. The summed E-state index contributed by atoms with van der Waals surface area (Å²) in [6.45, 7) is 2.08. The van der Waals surface area contributed by atoms with Crippen molar-refractivity contribution in [2.75, 3.05) is 5.75 Å². The van der Waals surface area contributed by atoms with Gasteiger partial charge in [0.15, 0.2) is 5.16 Å². The molecule has 0 saturated carbocycles. The largest absolute Gasteiger partial charge is 0.276 e. The first-order valence-electron chi connectivity index (χ1n) is 6.28. The van der Waals surface area contributed by atoms with Gasteiger partial charge in [0.05, 0.1) is 11.8 Å². The van der Waals surface area contributed by atoms with Crippen molar-refractivity contribution in [3.8, 4) is 11.8 Å². The summed E-state index contributed by atoms with van der Waals surface area (Å²) < 4.78 is 2.02. The summed E-state index contributed by atoms with van der Waals surface area (Å²) in [5.41, 5.74) is 2.32. The molecule has 1 heterocycles. The smallest absolute Gasteiger partial charge is 0.195 e. The van der Waals surface area contributed by atoms with E-state index in [1.165, 1.54) is 5.56 Å². The SMILES string of the molecule is Cc1ccccc1-n1cnnc1SCCCCC#N. The molecule has 5 heteroatoms. The fraction of sp³-hybridized carbons (Fsp3) is 0.357. The minimum atomic E-state index is 0.630. The van der Waals surface area contributed by atoms with Crippen LogP contribution in [0.5, 0.6) is 0 Å². The lowest BCUT2D eigenvalue weighted by Gasteiger charge is -2.08. The second kappa shape index (κ2) is 6.95. The molecular weight excluding hydrogens is 256 g/mol. The fourth-order valence-electron chi connectivity index (χ4n) is 1.79. The Morgan fingerprint density at radius 3 is 2.95 bits per heavy atom. The predicted molar refractivity (Wildman–Crippen MR) is 76.3 cm³/mol. The van der Waals surface area contributed by atoms with Gasteiger partial charge in [-0.1, -0.05) is 30.0 Å². The van der Waals surface area contributed by atoms with Crippen molar-refractivity contribution in [1.82, 2.24) is 14.8 Å². The van der Waals surface area contributed by atoms with Crippen LogP contribution in [0.25, 0.3) is 5.69 Å². The van der Waals surface area contributed by atoms with E-state index in [1.807, 2.05) is 16.7 Å². The zero-order chi connectivity index (χ0) is 13.5. The molecule has 2 aromatic rings. The monoisotopic (exact) mass is 272 g/mol. The lowest BCUT2D eigenvalue weighted by Crippen LogP contribution is -1.98. The van der Waals surface area contributed by atoms with Gasteiger partial charge in [-0.15, -0.1) is 10.2 Å². The third-order valence-corrected chi connectivity index (χ3v) is 3.83. The molecular formula is C14H16N4S. The molecule has 0 aliphatic carbocycles. The third kappa shape index (κ3) is 3.58. The minimum Gasteiger partial charge on any atom is -0.276 e. The van der Waals surface area contributed by atoms with Crippen LogP contribution in [0.3, 0.4) is 0 Å². The van der Waals surface area contributed by atoms with Crippen LogP contribution >= 0.6 is 11.8 Å². The highest BCUT2D eigenvalue weighted by Crippen LogP contribution is 2.22. The van der Waals surface area contributed by atoms with E-state index in [1.54, 1.807) is 18.1 Å². The van der Waals surface area contributed by atoms with Gasteiger partial charge in [0, 0.05) is 12.2 Å². The number of unbranched alkanes of at least 4 members (excludes halogenated alkanes) is 2. The van der Waals surface area contributed by atoms with Crippen molar-refractivity contribution in [3.05, 3.63) is 36.2 Å². The molecule has 0 bridgehead atoms. The summed E-state index contributed by atoms with van der Waals surface area (Å²) in [6.07, 6.45) is 4.35. The molecule has 0 aliphatic rings. The Hall–Kier alpha value is -1.80. The molecule has 0 fully saturated rings. The second-order valence-corrected chi connectivity index (χ2v) is 5.30. The quantitative estimate of drug-likeness (QED) is 0.597. The number of aryl methyl sites for hydroxylation is 1. The number of nitrogens with zero attached hydrogens (tertiary/aromatic N) is 4. The molecule has 0 aliphatic heterocycles. The number of nitriles is 1. The summed E-state index contributed by atoms with van der Waals surface area (Å²) in [6, 6.07) is 10.4. The molecule has 19 heavy (non-hydrogen) atoms. The molecule has 0 saturated heterocycles. The molecule has 0 spiro atoms. The van der Waals surface area contributed by atoms with Gasteiger partial charge >= 0.3 is 0 Å². The first-order valence-corrected chi connectivity index (χ1v) is 7.27. The number of benzene rings is 1. The Morgan fingerprint density at radius 2 is 2.16 bits per heavy atom. The van der Waals surface area contributed by atoms with Crippen LogP contribution < -0.4 is 0 Å². The van der Waals surface area contributed by atoms with Crippen LogP contribution in [-0.4, -0.2) is 20.5 Å². The summed E-state index contributed by atoms with van der Waals surface area (Å²) in [7, 11) is 0. The van der Waals surface area contributed by atoms with E-state index in [0.717, 1.165) is 29.4 Å². The molecule has 98 valence electrons. The minimum absolute atomic E-state index is 0.630. The van der Waals surface area contributed by atoms with Gasteiger partial charge in [0.25, 0.3) is 0 Å². The number of thioether (sulfide) groups is 1. The Balaban J connectivity index is 2.03. The van der Waals surface area contributed by atoms with Crippen LogP contribution in [0.1, 0.15) is 24.8 Å². The van der Waals surface area contributed by atoms with Crippen LogP contribution in [-0.2, 0) is 0 Å². The fourth-order valence-corrected chi connectivity index (χ4v) is 2.71. The zero-order valence-electron chi connectivity index (χ0n) is 10.9. The topological polar surface area (TPSA) is 54.5 Å². The molecule has 0 unspecified atom stereocenters. The van der Waals surface area contributed by atoms with Gasteiger partial charge in [-0.05, 0) is 31.4 Å². The molecule has 1 aromatic heterocycles. The van der Waals surface area contributed by atoms with Crippen molar-refractivity contribution in [2.45, 2.75) is 31.3 Å². The standard InChI is InChI=1S/C14H16N4S/c1-12-7-3-4-8-13(12)18-11-16-17-14(18)19-10-6-2-5-9-15/h3-4,7-8,11H,2,5-6,10H2,1H3. The van der Waals surface area contributed by atoms with Crippen molar-refractivity contribution in [3.63, 3.8) is 0 Å². The number of para-hydroxylation sites is 1. The van der Waals surface area contributed by atoms with Gasteiger partial charge < -0.3 is 0 Å². The van der Waals surface area contributed by atoms with Crippen LogP contribution in [0, 0.1) is 18.3 Å². The Morgan fingerprint density at radius 1 is 1.32 bits per heavy atom. The molecule has 0 atom stereocenters. The van der Waals surface area contributed by atoms with E-state index in [0.29, 0.717) is 6.42 Å². The third-order valence-electron chi connectivity index (χ3n) is 2.81. The maximum Gasteiger partial charge on any atom is 0.195 e. The summed E-state index contributed by atoms with van der Waals surface area (Å²) in [5.74, 6) is 0.965. The Labute approximate surface area is 117 Å². The number of hydrogen-bond acceptors (Lipinski definition) is 4. The highest BCUT2D eigenvalue weighted by Gasteiger charge is 2.08. The van der Waals surface area contributed by atoms with E-state index >= 15 is 0 Å². The first-order chi connectivity index (χ1) is 9.33. The molecule has 1 aromatic carbocycles. The van der Waals surface area contributed by atoms with Crippen molar-refractivity contribution in [1.29, 1.82) is 5.26 Å². The lowest BCUT2D eigenvalue weighted by molar-refractivity contribution is 0.822. The van der Waals surface area contributed by atoms with Gasteiger partial charge in [0.1, 0.15) is 6.33 Å². The first kappa shape index (κ1) is 13.6. The van der Waals surface area contributed by atoms with E-state index in [4.69, 9.17) is 5.26 Å². The average Bonchev–Trinajstić information content (AvgIpc) is 2.87. The number of rotatable bonds is 6. The summed E-state index contributed by atoms with van der Waals surface area (Å²) >= 11 is 1.69. The number of hydrogen-bond donors (Lipinski definition) is 0. The summed E-state index contributed by atoms with van der Waals surface area (Å²) in [5, 5.41) is 17.6. The van der Waals surface area contributed by atoms with Gasteiger partial charge in [0.2, 0.25) is 0 Å². The predicted octanol–water partition coefficient (Wildman–Crippen LogP) is 3.36. The van der Waals surface area contributed by atoms with E-state index in [2.05, 4.69) is 35.3 Å². The van der Waals surface area contributed by atoms with Crippen molar-refractivity contribution >= 4 is 11.8 Å². The molecule has 0 N–H and O–H groups in total. The lowest BCUT2D eigenvalue weighted by atomic mass is 10.2. The Kier molecular flexibility index (Phi) is 4.99. The van der Waals surface area contributed by atoms with Crippen molar-refractivity contribution < 1.29 is 0 Å². The molecule has 4 nitrogen and oxygen atoms in total. The highest BCUT2D eigenvalue weighted by molar-refractivity contribution is 7.99. The van der Waals surface area contributed by atoms with Crippen LogP contribution in [0.4, 0.5) is 0 Å². The van der Waals surface area contributed by atoms with E-state index in [-0.39, 0.29) is 0 Å². The summed E-state index contributed by atoms with van der Waals surface area (Å²) in [4.78, 5) is 0. The highest BCUT2D eigenvalue weighted by atomic mass is 32.2. The maximum absolute atomic E-state index is 8.49. The maximum atomic E-state index is 8.49. The molecule has 0 radical (unpaired) electrons. The van der Waals surface area contributed by atoms with Crippen molar-refractivity contribution in [2.24, 2.45) is 0 Å². The van der Waals surface area contributed by atoms with Gasteiger partial charge in [-0.25, -0.2) is 0 Å². The Bertz CT molecular complexity index is 571. The number of aromatic nitrogens is 3. The second-order valence-electron chi connectivity index (χ2n) is 4.23. The van der Waals surface area contributed by atoms with E-state index in [9.17, 15) is 0 Å². The zero-order valence-corrected chi connectivity index (χ0v) is 11.7. The molecule has 2 rings (SSSR count). The van der Waals surface area contributed by atoms with Crippen LogP contribution in [0.2, 0.25) is 0 Å². The van der Waals surface area contributed by atoms with Gasteiger partial charge in [-0.3, -0.25) is 4.57 Å².